The highest BCUT2D eigenvalue weighted by Gasteiger charge is 2.16. The van der Waals surface area contributed by atoms with Crippen molar-refractivity contribution in [3.8, 4) is 0 Å². The SMILES string of the molecule is Cl.O=S(=O)(NCCCCN1CCc2ccccc2C1)c1ccc(F)cc1. The van der Waals surface area contributed by atoms with Crippen LogP contribution >= 0.6 is 12.4 Å². The number of hydrogen-bond donors (Lipinski definition) is 1. The van der Waals surface area contributed by atoms with E-state index in [1.165, 1.54) is 23.3 Å². The number of halogens is 2. The van der Waals surface area contributed by atoms with Crippen LogP contribution in [0.4, 0.5) is 4.39 Å². The first-order chi connectivity index (χ1) is 12.0. The molecule has 3 rings (SSSR count). The van der Waals surface area contributed by atoms with Gasteiger partial charge in [0.2, 0.25) is 10.0 Å². The first kappa shape index (κ1) is 20.8. The minimum absolute atomic E-state index is 0. The highest BCUT2D eigenvalue weighted by atomic mass is 35.5. The maximum Gasteiger partial charge on any atom is 0.240 e. The third-order valence-electron chi connectivity index (χ3n) is 4.53. The summed E-state index contributed by atoms with van der Waals surface area (Å²) in [6.45, 7) is 3.38. The van der Waals surface area contributed by atoms with E-state index in [1.54, 1.807) is 0 Å². The Balaban J connectivity index is 0.00000243. The third kappa shape index (κ3) is 5.51. The van der Waals surface area contributed by atoms with Gasteiger partial charge in [-0.2, -0.15) is 0 Å². The zero-order chi connectivity index (χ0) is 17.7. The molecule has 0 aliphatic carbocycles. The predicted octanol–water partition coefficient (Wildman–Crippen LogP) is 3.36. The molecule has 0 amide bonds. The Kier molecular flexibility index (Phi) is 7.58. The third-order valence-corrected chi connectivity index (χ3v) is 6.00. The lowest BCUT2D eigenvalue weighted by Crippen LogP contribution is -2.32. The van der Waals surface area contributed by atoms with Gasteiger partial charge in [-0.15, -0.1) is 12.4 Å². The first-order valence-electron chi connectivity index (χ1n) is 8.59. The monoisotopic (exact) mass is 398 g/mol. The van der Waals surface area contributed by atoms with Crippen molar-refractivity contribution in [1.29, 1.82) is 0 Å². The Morgan fingerprint density at radius 2 is 1.69 bits per heavy atom. The fraction of sp³-hybridized carbons (Fsp3) is 0.368. The molecule has 0 radical (unpaired) electrons. The van der Waals surface area contributed by atoms with E-state index in [2.05, 4.69) is 33.9 Å². The molecule has 26 heavy (non-hydrogen) atoms. The van der Waals surface area contributed by atoms with Gasteiger partial charge in [0.1, 0.15) is 5.82 Å². The Morgan fingerprint density at radius 3 is 2.42 bits per heavy atom. The molecule has 0 fully saturated rings. The largest absolute Gasteiger partial charge is 0.299 e. The predicted molar refractivity (Wildman–Crippen MR) is 103 cm³/mol. The van der Waals surface area contributed by atoms with E-state index in [0.717, 1.165) is 51.0 Å². The Hall–Kier alpha value is -1.47. The van der Waals surface area contributed by atoms with Gasteiger partial charge in [0.05, 0.1) is 4.90 Å². The van der Waals surface area contributed by atoms with Crippen molar-refractivity contribution in [2.24, 2.45) is 0 Å². The number of nitrogens with zero attached hydrogens (tertiary/aromatic N) is 1. The van der Waals surface area contributed by atoms with E-state index in [0.29, 0.717) is 6.54 Å². The quantitative estimate of drug-likeness (QED) is 0.727. The Morgan fingerprint density at radius 1 is 1.00 bits per heavy atom. The van der Waals surface area contributed by atoms with Crippen LogP contribution in [0.15, 0.2) is 53.4 Å². The summed E-state index contributed by atoms with van der Waals surface area (Å²) in [4.78, 5) is 2.51. The molecular weight excluding hydrogens is 375 g/mol. The molecule has 0 aromatic heterocycles. The van der Waals surface area contributed by atoms with Gasteiger partial charge in [0, 0.05) is 19.6 Å². The molecule has 142 valence electrons. The van der Waals surface area contributed by atoms with Gasteiger partial charge in [-0.05, 0) is 61.2 Å². The topological polar surface area (TPSA) is 49.4 Å². The van der Waals surface area contributed by atoms with Crippen LogP contribution in [0.2, 0.25) is 0 Å². The lowest BCUT2D eigenvalue weighted by atomic mass is 10.00. The second-order valence-electron chi connectivity index (χ2n) is 6.35. The maximum atomic E-state index is 12.9. The normalized spacial score (nSPS) is 14.5. The molecular formula is C19H24ClFN2O2S. The molecule has 1 N–H and O–H groups in total. The number of rotatable bonds is 7. The van der Waals surface area contributed by atoms with Crippen LogP contribution in [0, 0.1) is 5.82 Å². The lowest BCUT2D eigenvalue weighted by Gasteiger charge is -2.28. The van der Waals surface area contributed by atoms with E-state index in [1.807, 2.05) is 0 Å². The summed E-state index contributed by atoms with van der Waals surface area (Å²) in [5.74, 6) is -0.443. The van der Waals surface area contributed by atoms with E-state index in [9.17, 15) is 12.8 Å². The fourth-order valence-corrected chi connectivity index (χ4v) is 4.18. The molecule has 0 bridgehead atoms. The lowest BCUT2D eigenvalue weighted by molar-refractivity contribution is 0.249. The second-order valence-corrected chi connectivity index (χ2v) is 8.12. The van der Waals surface area contributed by atoms with Crippen molar-refractivity contribution in [3.05, 3.63) is 65.5 Å². The van der Waals surface area contributed by atoms with Crippen LogP contribution in [-0.4, -0.2) is 33.0 Å². The molecule has 1 heterocycles. The van der Waals surface area contributed by atoms with Gasteiger partial charge in [-0.3, -0.25) is 4.90 Å². The zero-order valence-corrected chi connectivity index (χ0v) is 16.2. The van der Waals surface area contributed by atoms with Crippen LogP contribution in [0.3, 0.4) is 0 Å². The molecule has 2 aromatic rings. The summed E-state index contributed by atoms with van der Waals surface area (Å²) in [6.07, 6.45) is 2.79. The van der Waals surface area contributed by atoms with Crippen molar-refractivity contribution in [1.82, 2.24) is 9.62 Å². The van der Waals surface area contributed by atoms with Crippen LogP contribution in [0.5, 0.6) is 0 Å². The van der Waals surface area contributed by atoms with Crippen molar-refractivity contribution >= 4 is 22.4 Å². The van der Waals surface area contributed by atoms with Crippen LogP contribution < -0.4 is 4.72 Å². The number of hydrogen-bond acceptors (Lipinski definition) is 3. The average molecular weight is 399 g/mol. The van der Waals surface area contributed by atoms with Crippen LogP contribution in [-0.2, 0) is 23.0 Å². The van der Waals surface area contributed by atoms with Crippen molar-refractivity contribution in [2.45, 2.75) is 30.7 Å². The van der Waals surface area contributed by atoms with E-state index in [4.69, 9.17) is 0 Å². The molecule has 1 aliphatic heterocycles. The van der Waals surface area contributed by atoms with Gasteiger partial charge in [0.15, 0.2) is 0 Å². The summed E-state index contributed by atoms with van der Waals surface area (Å²) in [5, 5.41) is 0. The van der Waals surface area contributed by atoms with E-state index >= 15 is 0 Å². The number of nitrogens with one attached hydrogen (secondary N) is 1. The molecule has 7 heteroatoms. The van der Waals surface area contributed by atoms with Gasteiger partial charge in [-0.1, -0.05) is 24.3 Å². The molecule has 1 aliphatic rings. The molecule has 0 atom stereocenters. The maximum absolute atomic E-state index is 12.9. The van der Waals surface area contributed by atoms with Crippen molar-refractivity contribution < 1.29 is 12.8 Å². The zero-order valence-electron chi connectivity index (χ0n) is 14.5. The molecule has 0 unspecified atom stereocenters. The fourth-order valence-electron chi connectivity index (χ4n) is 3.11. The average Bonchev–Trinajstić information content (AvgIpc) is 2.61. The van der Waals surface area contributed by atoms with Crippen molar-refractivity contribution in [2.75, 3.05) is 19.6 Å². The molecule has 4 nitrogen and oxygen atoms in total. The minimum Gasteiger partial charge on any atom is -0.299 e. The standard InChI is InChI=1S/C19H23FN2O2S.ClH/c20-18-7-9-19(10-8-18)25(23,24)21-12-3-4-13-22-14-11-16-5-1-2-6-17(16)15-22;/h1-2,5-10,21H,3-4,11-15H2;1H. The summed E-state index contributed by atoms with van der Waals surface area (Å²) in [7, 11) is -3.55. The van der Waals surface area contributed by atoms with Gasteiger partial charge < -0.3 is 0 Å². The molecule has 2 aromatic carbocycles. The second kappa shape index (κ2) is 9.46. The van der Waals surface area contributed by atoms with Crippen LogP contribution in [0.1, 0.15) is 24.0 Å². The van der Waals surface area contributed by atoms with Crippen molar-refractivity contribution in [3.63, 3.8) is 0 Å². The number of sulfonamides is 1. The van der Waals surface area contributed by atoms with Gasteiger partial charge >= 0.3 is 0 Å². The van der Waals surface area contributed by atoms with E-state index < -0.39 is 15.8 Å². The summed E-state index contributed by atoms with van der Waals surface area (Å²) in [5.41, 5.74) is 2.83. The van der Waals surface area contributed by atoms with Crippen LogP contribution in [0.25, 0.3) is 0 Å². The summed E-state index contributed by atoms with van der Waals surface area (Å²) < 4.78 is 39.7. The summed E-state index contributed by atoms with van der Waals surface area (Å²) >= 11 is 0. The smallest absolute Gasteiger partial charge is 0.240 e. The highest BCUT2D eigenvalue weighted by Crippen LogP contribution is 2.18. The van der Waals surface area contributed by atoms with E-state index in [-0.39, 0.29) is 17.3 Å². The molecule has 0 saturated heterocycles. The number of fused-ring (bicyclic) bond motifs is 1. The number of benzene rings is 2. The molecule has 0 saturated carbocycles. The first-order valence-corrected chi connectivity index (χ1v) is 10.1. The molecule has 0 spiro atoms. The Bertz CT molecular complexity index is 813. The summed E-state index contributed by atoms with van der Waals surface area (Å²) in [6, 6.07) is 13.4. The number of unbranched alkanes of at least 4 members (excludes halogenated alkanes) is 1. The minimum atomic E-state index is -3.55. The van der Waals surface area contributed by atoms with Gasteiger partial charge in [0.25, 0.3) is 0 Å². The van der Waals surface area contributed by atoms with Gasteiger partial charge in [-0.25, -0.2) is 17.5 Å². The highest BCUT2D eigenvalue weighted by molar-refractivity contribution is 7.89. The Labute approximate surface area is 160 Å².